The average Bonchev–Trinajstić information content (AvgIpc) is 3.40. The summed E-state index contributed by atoms with van der Waals surface area (Å²) >= 11 is 11.0. The Bertz CT molecular complexity index is 927. The fourth-order valence-electron chi connectivity index (χ4n) is 5.32. The molecule has 4 rings (SSSR count). The number of hydrogen-bond donors (Lipinski definition) is 2. The highest BCUT2D eigenvalue weighted by Crippen LogP contribution is 2.49. The highest BCUT2D eigenvalue weighted by Gasteiger charge is 2.49. The quantitative estimate of drug-likeness (QED) is 0.544. The number of phenolic OH excluding ortho intramolecular Hbond substituents is 1. The Kier molecular flexibility index (Phi) is 7.44. The summed E-state index contributed by atoms with van der Waals surface area (Å²) in [5, 5.41) is 11.3. The number of likely N-dealkylation sites (tertiary alicyclic amines) is 1. The molecule has 0 radical (unpaired) electrons. The molecular formula is C24H34Cl2N2O5S. The number of carbonyl (C=O) groups excluding carboxylic acids is 1. The van der Waals surface area contributed by atoms with Crippen molar-refractivity contribution in [2.75, 3.05) is 19.7 Å². The standard InChI is InChI=1S/C24H34Cl2N2O5S/c1-23(2,3)34(31)27-21(16-8-17(25)18(26)9-19(16)29)13-6-14-10-28(11-15(14)7-13)22(30)20-12-32-24(4,5)33-20/h8-9,13-15,20-21,27,29H,6-7,10-12H2,1-5H3/t13-,14-,15+,20-,21?,34?/m1/s1. The zero-order valence-electron chi connectivity index (χ0n) is 20.3. The molecule has 2 unspecified atom stereocenters. The van der Waals surface area contributed by atoms with Crippen molar-refractivity contribution in [2.45, 2.75) is 70.1 Å². The Morgan fingerprint density at radius 3 is 2.35 bits per heavy atom. The van der Waals surface area contributed by atoms with Crippen molar-refractivity contribution in [1.29, 1.82) is 0 Å². The van der Waals surface area contributed by atoms with E-state index in [1.165, 1.54) is 6.07 Å². The first kappa shape index (κ1) is 26.3. The van der Waals surface area contributed by atoms with E-state index in [9.17, 15) is 14.5 Å². The van der Waals surface area contributed by atoms with Gasteiger partial charge < -0.3 is 24.0 Å². The highest BCUT2D eigenvalue weighted by molar-refractivity contribution is 7.90. The van der Waals surface area contributed by atoms with E-state index < -0.39 is 28.0 Å². The lowest BCUT2D eigenvalue weighted by Crippen LogP contribution is -2.43. The van der Waals surface area contributed by atoms with E-state index >= 15 is 0 Å². The molecule has 0 spiro atoms. The van der Waals surface area contributed by atoms with E-state index in [1.54, 1.807) is 6.07 Å². The number of halogens is 2. The van der Waals surface area contributed by atoms with Gasteiger partial charge in [0.15, 0.2) is 11.9 Å². The zero-order chi connectivity index (χ0) is 25.0. The van der Waals surface area contributed by atoms with Crippen molar-refractivity contribution in [3.8, 4) is 5.75 Å². The second kappa shape index (κ2) is 9.61. The van der Waals surface area contributed by atoms with Crippen LogP contribution in [0, 0.1) is 17.8 Å². The van der Waals surface area contributed by atoms with Crippen LogP contribution in [0.25, 0.3) is 0 Å². The lowest BCUT2D eigenvalue weighted by Gasteiger charge is -2.32. The Balaban J connectivity index is 1.49. The van der Waals surface area contributed by atoms with Crippen LogP contribution >= 0.6 is 23.2 Å². The molecule has 2 heterocycles. The minimum absolute atomic E-state index is 0.0119. The Labute approximate surface area is 214 Å². The fourth-order valence-corrected chi connectivity index (χ4v) is 6.55. The van der Waals surface area contributed by atoms with E-state index in [1.807, 2.05) is 39.5 Å². The van der Waals surface area contributed by atoms with Crippen LogP contribution in [0.15, 0.2) is 12.1 Å². The normalized spacial score (nSPS) is 30.4. The molecule has 1 aliphatic carbocycles. The third-order valence-electron chi connectivity index (χ3n) is 7.05. The Morgan fingerprint density at radius 2 is 1.82 bits per heavy atom. The molecule has 1 aromatic rings. The minimum atomic E-state index is -1.35. The van der Waals surface area contributed by atoms with Crippen LogP contribution < -0.4 is 4.72 Å². The first-order valence-corrected chi connectivity index (χ1v) is 13.6. The molecule has 3 aliphatic rings. The first-order valence-electron chi connectivity index (χ1n) is 11.7. The van der Waals surface area contributed by atoms with Crippen LogP contribution in [0.4, 0.5) is 0 Å². The Hall–Kier alpha value is -0.740. The molecule has 3 fully saturated rings. The van der Waals surface area contributed by atoms with Crippen LogP contribution in [0.5, 0.6) is 5.75 Å². The molecule has 7 nitrogen and oxygen atoms in total. The van der Waals surface area contributed by atoms with Gasteiger partial charge in [0.2, 0.25) is 0 Å². The van der Waals surface area contributed by atoms with Gasteiger partial charge in [0.1, 0.15) is 10.5 Å². The zero-order valence-corrected chi connectivity index (χ0v) is 22.6. The molecular weight excluding hydrogens is 499 g/mol. The van der Waals surface area contributed by atoms with Crippen molar-refractivity contribution < 1.29 is 23.9 Å². The third-order valence-corrected chi connectivity index (χ3v) is 9.35. The smallest absolute Gasteiger partial charge is 0.254 e. The number of phenols is 1. The molecule has 0 bridgehead atoms. The van der Waals surface area contributed by atoms with Crippen molar-refractivity contribution >= 4 is 40.5 Å². The molecule has 1 aromatic carbocycles. The maximum Gasteiger partial charge on any atom is 0.254 e. The SMILES string of the molecule is CC1(C)OC[C@H](C(=O)N2C[C@H]3C[C@@H](C(N[S+]([O-])C(C)(C)C)c4cc(Cl)c(Cl)cc4O)C[C@H]3C2)O1. The fraction of sp³-hybridized carbons (Fsp3) is 0.708. The number of nitrogens with one attached hydrogen (secondary N) is 1. The first-order chi connectivity index (χ1) is 15.7. The van der Waals surface area contributed by atoms with Gasteiger partial charge in [-0.05, 0) is 71.3 Å². The summed E-state index contributed by atoms with van der Waals surface area (Å²) in [6.45, 7) is 11.0. The lowest BCUT2D eigenvalue weighted by atomic mass is 9.90. The van der Waals surface area contributed by atoms with Crippen molar-refractivity contribution in [3.05, 3.63) is 27.7 Å². The number of benzene rings is 1. The van der Waals surface area contributed by atoms with Crippen molar-refractivity contribution in [1.82, 2.24) is 9.62 Å². The van der Waals surface area contributed by atoms with Gasteiger partial charge in [-0.2, -0.15) is 0 Å². The summed E-state index contributed by atoms with van der Waals surface area (Å²) in [6.07, 6.45) is 1.14. The molecule has 2 saturated heterocycles. The number of rotatable bonds is 5. The third kappa shape index (κ3) is 5.48. The number of carbonyl (C=O) groups is 1. The molecule has 2 aliphatic heterocycles. The molecule has 10 heteroatoms. The number of nitrogens with zero attached hydrogens (tertiary/aromatic N) is 1. The van der Waals surface area contributed by atoms with Crippen LogP contribution in [0.2, 0.25) is 10.0 Å². The summed E-state index contributed by atoms with van der Waals surface area (Å²) in [6, 6.07) is 2.76. The van der Waals surface area contributed by atoms with Gasteiger partial charge in [-0.1, -0.05) is 23.2 Å². The molecule has 190 valence electrons. The van der Waals surface area contributed by atoms with Crippen molar-refractivity contribution in [3.63, 3.8) is 0 Å². The van der Waals surface area contributed by atoms with Crippen LogP contribution in [-0.2, 0) is 25.6 Å². The van der Waals surface area contributed by atoms with Crippen LogP contribution in [0.1, 0.15) is 59.1 Å². The largest absolute Gasteiger partial charge is 0.598 e. The molecule has 34 heavy (non-hydrogen) atoms. The topological polar surface area (TPSA) is 94.1 Å². The Morgan fingerprint density at radius 1 is 1.24 bits per heavy atom. The average molecular weight is 534 g/mol. The molecule has 6 atom stereocenters. The van der Waals surface area contributed by atoms with Gasteiger partial charge in [-0.25, -0.2) is 0 Å². The summed E-state index contributed by atoms with van der Waals surface area (Å²) in [5.41, 5.74) is 0.601. The van der Waals surface area contributed by atoms with Crippen LogP contribution in [-0.4, -0.2) is 56.8 Å². The van der Waals surface area contributed by atoms with Gasteiger partial charge in [0.25, 0.3) is 5.91 Å². The van der Waals surface area contributed by atoms with E-state index in [0.717, 1.165) is 12.8 Å². The lowest BCUT2D eigenvalue weighted by molar-refractivity contribution is -0.159. The van der Waals surface area contributed by atoms with Gasteiger partial charge in [-0.3, -0.25) is 4.79 Å². The number of amides is 1. The summed E-state index contributed by atoms with van der Waals surface area (Å²) in [7, 11) is 0. The summed E-state index contributed by atoms with van der Waals surface area (Å²) < 4.78 is 27.2. The van der Waals surface area contributed by atoms with E-state index in [2.05, 4.69) is 4.72 Å². The number of hydrogen-bond acceptors (Lipinski definition) is 6. The predicted molar refractivity (Wildman–Crippen MR) is 133 cm³/mol. The maximum absolute atomic E-state index is 13.0. The molecule has 2 N–H and O–H groups in total. The monoisotopic (exact) mass is 532 g/mol. The number of fused-ring (bicyclic) bond motifs is 1. The summed E-state index contributed by atoms with van der Waals surface area (Å²) in [5.74, 6) is 0.0921. The highest BCUT2D eigenvalue weighted by atomic mass is 35.5. The number of aromatic hydroxyl groups is 1. The second-order valence-electron chi connectivity index (χ2n) is 11.1. The van der Waals surface area contributed by atoms with Gasteiger partial charge in [0, 0.05) is 36.1 Å². The van der Waals surface area contributed by atoms with E-state index in [0.29, 0.717) is 35.5 Å². The van der Waals surface area contributed by atoms with Gasteiger partial charge in [0.05, 0.1) is 22.7 Å². The molecule has 1 amide bonds. The van der Waals surface area contributed by atoms with Gasteiger partial charge in [-0.15, -0.1) is 4.72 Å². The number of ether oxygens (including phenoxy) is 2. The maximum atomic E-state index is 13.0. The molecule has 1 saturated carbocycles. The minimum Gasteiger partial charge on any atom is -0.598 e. The van der Waals surface area contributed by atoms with Crippen LogP contribution in [0.3, 0.4) is 0 Å². The van der Waals surface area contributed by atoms with E-state index in [-0.39, 0.29) is 35.2 Å². The second-order valence-corrected chi connectivity index (χ2v) is 13.9. The van der Waals surface area contributed by atoms with Crippen molar-refractivity contribution in [2.24, 2.45) is 17.8 Å². The molecule has 0 aromatic heterocycles. The summed E-state index contributed by atoms with van der Waals surface area (Å²) in [4.78, 5) is 14.9. The van der Waals surface area contributed by atoms with E-state index in [4.69, 9.17) is 32.7 Å². The van der Waals surface area contributed by atoms with Gasteiger partial charge >= 0.3 is 0 Å². The predicted octanol–water partition coefficient (Wildman–Crippen LogP) is 4.43.